The van der Waals surface area contributed by atoms with E-state index in [1.807, 2.05) is 4.90 Å². The van der Waals surface area contributed by atoms with Gasteiger partial charge in [0.1, 0.15) is 0 Å². The van der Waals surface area contributed by atoms with Gasteiger partial charge in [0.15, 0.2) is 0 Å². The van der Waals surface area contributed by atoms with Gasteiger partial charge in [0.25, 0.3) is 5.91 Å². The Balaban J connectivity index is 1.89. The van der Waals surface area contributed by atoms with Gasteiger partial charge in [-0.1, -0.05) is 26.7 Å². The highest BCUT2D eigenvalue weighted by Gasteiger charge is 2.24. The van der Waals surface area contributed by atoms with Crippen molar-refractivity contribution < 1.29 is 9.53 Å². The molecule has 2 rings (SSSR count). The van der Waals surface area contributed by atoms with E-state index in [4.69, 9.17) is 4.74 Å². The molecule has 0 saturated carbocycles. The van der Waals surface area contributed by atoms with Gasteiger partial charge in [-0.05, 0) is 18.4 Å². The summed E-state index contributed by atoms with van der Waals surface area (Å²) in [6.07, 6.45) is 4.92. The predicted octanol–water partition coefficient (Wildman–Crippen LogP) is 2.04. The van der Waals surface area contributed by atoms with Gasteiger partial charge in [-0.15, -0.1) is 0 Å². The molecular formula is C16H24N2O3. The zero-order chi connectivity index (χ0) is 15.2. The third-order valence-electron chi connectivity index (χ3n) is 3.76. The van der Waals surface area contributed by atoms with Crippen LogP contribution in [0.2, 0.25) is 0 Å². The van der Waals surface area contributed by atoms with E-state index < -0.39 is 0 Å². The number of carbonyl (C=O) groups is 1. The van der Waals surface area contributed by atoms with Crippen molar-refractivity contribution in [3.63, 3.8) is 0 Å². The fourth-order valence-electron chi connectivity index (χ4n) is 2.56. The largest absolute Gasteiger partial charge is 0.375 e. The van der Waals surface area contributed by atoms with Crippen LogP contribution in [0, 0.1) is 5.92 Å². The summed E-state index contributed by atoms with van der Waals surface area (Å²) in [6, 6.07) is 2.96. The van der Waals surface area contributed by atoms with Crippen molar-refractivity contribution in [1.29, 1.82) is 0 Å². The SMILES string of the molecule is CC(C)CCC[C@@H]1CN(C(=O)c2ccc(=O)[nH]c2)CCO1. The van der Waals surface area contributed by atoms with Gasteiger partial charge in [0, 0.05) is 25.4 Å². The number of amides is 1. The van der Waals surface area contributed by atoms with E-state index in [9.17, 15) is 9.59 Å². The smallest absolute Gasteiger partial charge is 0.255 e. The number of carbonyl (C=O) groups excluding carboxylic acids is 1. The summed E-state index contributed by atoms with van der Waals surface area (Å²) in [7, 11) is 0. The first-order valence-corrected chi connectivity index (χ1v) is 7.66. The van der Waals surface area contributed by atoms with E-state index in [1.165, 1.54) is 18.7 Å². The monoisotopic (exact) mass is 292 g/mol. The molecule has 0 aliphatic carbocycles. The normalized spacial score (nSPS) is 19.0. The number of pyridine rings is 1. The van der Waals surface area contributed by atoms with Crippen LogP contribution in [0.15, 0.2) is 23.1 Å². The minimum atomic E-state index is -0.194. The lowest BCUT2D eigenvalue weighted by Crippen LogP contribution is -2.45. The van der Waals surface area contributed by atoms with Gasteiger partial charge >= 0.3 is 0 Å². The highest BCUT2D eigenvalue weighted by atomic mass is 16.5. The first kappa shape index (κ1) is 15.8. The van der Waals surface area contributed by atoms with Gasteiger partial charge in [0.05, 0.1) is 18.3 Å². The molecule has 1 amide bonds. The minimum Gasteiger partial charge on any atom is -0.375 e. The van der Waals surface area contributed by atoms with E-state index >= 15 is 0 Å². The second-order valence-corrected chi connectivity index (χ2v) is 6.01. The van der Waals surface area contributed by atoms with Crippen molar-refractivity contribution in [3.05, 3.63) is 34.2 Å². The average Bonchev–Trinajstić information content (AvgIpc) is 2.47. The van der Waals surface area contributed by atoms with Crippen LogP contribution in [0.25, 0.3) is 0 Å². The number of hydrogen-bond acceptors (Lipinski definition) is 3. The summed E-state index contributed by atoms with van der Waals surface area (Å²) in [4.78, 5) is 27.8. The van der Waals surface area contributed by atoms with Crippen LogP contribution >= 0.6 is 0 Å². The third-order valence-corrected chi connectivity index (χ3v) is 3.76. The molecule has 1 N–H and O–H groups in total. The summed E-state index contributed by atoms with van der Waals surface area (Å²) in [5.74, 6) is 0.663. The Bertz CT molecular complexity index is 504. The Morgan fingerprint density at radius 3 is 2.95 bits per heavy atom. The average molecular weight is 292 g/mol. The van der Waals surface area contributed by atoms with Crippen LogP contribution in [-0.4, -0.2) is 41.6 Å². The molecule has 2 heterocycles. The first-order chi connectivity index (χ1) is 10.1. The molecule has 21 heavy (non-hydrogen) atoms. The Hall–Kier alpha value is -1.62. The quantitative estimate of drug-likeness (QED) is 0.903. The molecule has 0 radical (unpaired) electrons. The summed E-state index contributed by atoms with van der Waals surface area (Å²) >= 11 is 0. The number of nitrogens with zero attached hydrogens (tertiary/aromatic N) is 1. The van der Waals surface area contributed by atoms with Crippen molar-refractivity contribution in [1.82, 2.24) is 9.88 Å². The molecule has 116 valence electrons. The summed E-state index contributed by atoms with van der Waals surface area (Å²) in [5, 5.41) is 0. The Morgan fingerprint density at radius 2 is 2.29 bits per heavy atom. The molecule has 1 aliphatic rings. The Morgan fingerprint density at radius 1 is 1.48 bits per heavy atom. The molecule has 5 heteroatoms. The van der Waals surface area contributed by atoms with Gasteiger partial charge in [0.2, 0.25) is 5.56 Å². The third kappa shape index (κ3) is 4.70. The van der Waals surface area contributed by atoms with Crippen LogP contribution < -0.4 is 5.56 Å². The number of aromatic nitrogens is 1. The van der Waals surface area contributed by atoms with Crippen LogP contribution in [0.4, 0.5) is 0 Å². The molecule has 1 aromatic heterocycles. The van der Waals surface area contributed by atoms with Crippen molar-refractivity contribution in [2.45, 2.75) is 39.2 Å². The first-order valence-electron chi connectivity index (χ1n) is 7.66. The maximum atomic E-state index is 12.4. The minimum absolute atomic E-state index is 0.0385. The number of nitrogens with one attached hydrogen (secondary N) is 1. The summed E-state index contributed by atoms with van der Waals surface area (Å²) in [6.45, 7) is 6.26. The maximum Gasteiger partial charge on any atom is 0.255 e. The van der Waals surface area contributed by atoms with Crippen LogP contribution in [0.3, 0.4) is 0 Å². The van der Waals surface area contributed by atoms with E-state index in [2.05, 4.69) is 18.8 Å². The van der Waals surface area contributed by atoms with E-state index in [0.717, 1.165) is 12.8 Å². The van der Waals surface area contributed by atoms with Crippen molar-refractivity contribution in [2.75, 3.05) is 19.7 Å². The molecule has 0 aromatic carbocycles. The molecule has 0 unspecified atom stereocenters. The standard InChI is InChI=1S/C16H24N2O3/c1-12(2)4-3-5-14-11-18(8-9-21-14)16(20)13-6-7-15(19)17-10-13/h6-7,10,12,14H,3-5,8-9,11H2,1-2H3,(H,17,19)/t14-/m1/s1. The highest BCUT2D eigenvalue weighted by Crippen LogP contribution is 2.16. The number of rotatable bonds is 5. The van der Waals surface area contributed by atoms with Gasteiger partial charge < -0.3 is 14.6 Å². The maximum absolute atomic E-state index is 12.4. The number of ether oxygens (including phenoxy) is 1. The second-order valence-electron chi connectivity index (χ2n) is 6.01. The number of aromatic amines is 1. The van der Waals surface area contributed by atoms with Crippen LogP contribution in [-0.2, 0) is 4.74 Å². The van der Waals surface area contributed by atoms with E-state index in [0.29, 0.717) is 31.2 Å². The topological polar surface area (TPSA) is 62.4 Å². The van der Waals surface area contributed by atoms with Crippen LogP contribution in [0.1, 0.15) is 43.5 Å². The van der Waals surface area contributed by atoms with Gasteiger partial charge in [-0.3, -0.25) is 9.59 Å². The molecule has 0 bridgehead atoms. The second kappa shape index (κ2) is 7.41. The lowest BCUT2D eigenvalue weighted by Gasteiger charge is -2.33. The highest BCUT2D eigenvalue weighted by molar-refractivity contribution is 5.93. The number of H-pyrrole nitrogens is 1. The van der Waals surface area contributed by atoms with Gasteiger partial charge in [-0.25, -0.2) is 0 Å². The molecule has 1 fully saturated rings. The van der Waals surface area contributed by atoms with E-state index in [-0.39, 0.29) is 17.6 Å². The molecule has 1 saturated heterocycles. The fourth-order valence-corrected chi connectivity index (χ4v) is 2.56. The molecular weight excluding hydrogens is 268 g/mol. The molecule has 1 aliphatic heterocycles. The summed E-state index contributed by atoms with van der Waals surface area (Å²) < 4.78 is 5.74. The van der Waals surface area contributed by atoms with Crippen LogP contribution in [0.5, 0.6) is 0 Å². The molecule has 5 nitrogen and oxygen atoms in total. The predicted molar refractivity (Wildman–Crippen MR) is 81.4 cm³/mol. The Labute approximate surface area is 125 Å². The fraction of sp³-hybridized carbons (Fsp3) is 0.625. The van der Waals surface area contributed by atoms with Gasteiger partial charge in [-0.2, -0.15) is 0 Å². The van der Waals surface area contributed by atoms with E-state index in [1.54, 1.807) is 6.07 Å². The number of hydrogen-bond donors (Lipinski definition) is 1. The zero-order valence-electron chi connectivity index (χ0n) is 12.8. The van der Waals surface area contributed by atoms with Crippen molar-refractivity contribution in [2.24, 2.45) is 5.92 Å². The van der Waals surface area contributed by atoms with Crippen molar-refractivity contribution >= 4 is 5.91 Å². The number of morpholine rings is 1. The van der Waals surface area contributed by atoms with Crippen molar-refractivity contribution in [3.8, 4) is 0 Å². The lowest BCUT2D eigenvalue weighted by molar-refractivity contribution is -0.0260. The Kier molecular flexibility index (Phi) is 5.56. The lowest BCUT2D eigenvalue weighted by atomic mass is 10.0. The molecule has 1 aromatic rings. The zero-order valence-corrected chi connectivity index (χ0v) is 12.8. The molecule has 0 spiro atoms. The summed E-state index contributed by atoms with van der Waals surface area (Å²) in [5.41, 5.74) is 0.331. The molecule has 1 atom stereocenters.